The topological polar surface area (TPSA) is 86.8 Å². The summed E-state index contributed by atoms with van der Waals surface area (Å²) in [6.45, 7) is 4.81. The van der Waals surface area contributed by atoms with Gasteiger partial charge in [-0.1, -0.05) is 78.0 Å². The van der Waals surface area contributed by atoms with Crippen LogP contribution in [0, 0.1) is 13.8 Å². The van der Waals surface area contributed by atoms with Gasteiger partial charge in [0.15, 0.2) is 0 Å². The van der Waals surface area contributed by atoms with E-state index in [9.17, 15) is 18.0 Å². The summed E-state index contributed by atoms with van der Waals surface area (Å²) in [5, 5.41) is 3.85. The Bertz CT molecular complexity index is 1510. The van der Waals surface area contributed by atoms with Gasteiger partial charge in [-0.2, -0.15) is 0 Å². The molecular formula is C31H35Cl2N3O4S. The number of rotatable bonds is 10. The van der Waals surface area contributed by atoms with Gasteiger partial charge in [0.2, 0.25) is 11.8 Å². The van der Waals surface area contributed by atoms with Crippen LogP contribution in [0.2, 0.25) is 10.0 Å². The van der Waals surface area contributed by atoms with Gasteiger partial charge < -0.3 is 10.2 Å². The van der Waals surface area contributed by atoms with E-state index in [1.807, 2.05) is 13.0 Å². The molecule has 0 aliphatic heterocycles. The average Bonchev–Trinajstić information content (AvgIpc) is 3.44. The van der Waals surface area contributed by atoms with Gasteiger partial charge in [0.1, 0.15) is 12.6 Å². The molecule has 10 heteroatoms. The van der Waals surface area contributed by atoms with Gasteiger partial charge in [0.25, 0.3) is 10.0 Å². The smallest absolute Gasteiger partial charge is 0.264 e. The lowest BCUT2D eigenvalue weighted by atomic mass is 10.1. The number of nitrogens with zero attached hydrogens (tertiary/aromatic N) is 2. The van der Waals surface area contributed by atoms with Gasteiger partial charge in [-0.3, -0.25) is 13.9 Å². The Morgan fingerprint density at radius 1 is 0.976 bits per heavy atom. The highest BCUT2D eigenvalue weighted by Gasteiger charge is 2.34. The molecule has 218 valence electrons. The number of carbonyl (C=O) groups excluding carboxylic acids is 2. The largest absolute Gasteiger partial charge is 0.352 e. The predicted molar refractivity (Wildman–Crippen MR) is 164 cm³/mol. The standard InChI is InChI=1S/C31H35Cl2N3O4S/c1-21-12-16-27(17-13-21)41(39,40)36(29-11-7-4-8-22(29)2)20-30(37)35(19-24-14-15-25(32)18-28(24)33)23(3)31(38)34-26-9-5-6-10-26/h4,7-8,11-18,23,26H,5-6,9-10,19-20H2,1-3H3,(H,34,38)/t23-/m1/s1. The highest BCUT2D eigenvalue weighted by molar-refractivity contribution is 7.92. The summed E-state index contributed by atoms with van der Waals surface area (Å²) < 4.78 is 29.1. The maximum Gasteiger partial charge on any atom is 0.264 e. The van der Waals surface area contributed by atoms with Crippen molar-refractivity contribution in [2.45, 2.75) is 70.0 Å². The van der Waals surface area contributed by atoms with Crippen molar-refractivity contribution in [3.63, 3.8) is 0 Å². The van der Waals surface area contributed by atoms with E-state index in [0.717, 1.165) is 35.6 Å². The molecule has 1 N–H and O–H groups in total. The Morgan fingerprint density at radius 3 is 2.27 bits per heavy atom. The second-order valence-corrected chi connectivity index (χ2v) is 13.2. The molecule has 0 bridgehead atoms. The van der Waals surface area contributed by atoms with E-state index in [1.165, 1.54) is 17.0 Å². The van der Waals surface area contributed by atoms with Crippen LogP contribution in [0.4, 0.5) is 5.69 Å². The number of carbonyl (C=O) groups is 2. The van der Waals surface area contributed by atoms with Gasteiger partial charge >= 0.3 is 0 Å². The van der Waals surface area contributed by atoms with Crippen LogP contribution in [0.15, 0.2) is 71.6 Å². The molecule has 4 rings (SSSR count). The SMILES string of the molecule is Cc1ccc(S(=O)(=O)N(CC(=O)N(Cc2ccc(Cl)cc2Cl)[C@H](C)C(=O)NC2CCCC2)c2ccccc2C)cc1. The summed E-state index contributed by atoms with van der Waals surface area (Å²) in [5.74, 6) is -0.830. The van der Waals surface area contributed by atoms with E-state index in [-0.39, 0.29) is 23.4 Å². The van der Waals surface area contributed by atoms with Crippen LogP contribution in [0.1, 0.15) is 49.3 Å². The minimum atomic E-state index is -4.13. The number of aryl methyl sites for hydroxylation is 2. The summed E-state index contributed by atoms with van der Waals surface area (Å²) in [7, 11) is -4.13. The van der Waals surface area contributed by atoms with Gasteiger partial charge in [-0.05, 0) is 75.1 Å². The molecule has 0 unspecified atom stereocenters. The van der Waals surface area contributed by atoms with Crippen LogP contribution >= 0.6 is 23.2 Å². The fourth-order valence-corrected chi connectivity index (χ4v) is 6.95. The molecule has 1 atom stereocenters. The van der Waals surface area contributed by atoms with Gasteiger partial charge in [0, 0.05) is 22.6 Å². The van der Waals surface area contributed by atoms with Crippen LogP contribution in [0.3, 0.4) is 0 Å². The lowest BCUT2D eigenvalue weighted by Gasteiger charge is -2.33. The molecule has 1 aliphatic carbocycles. The van der Waals surface area contributed by atoms with E-state index >= 15 is 0 Å². The van der Waals surface area contributed by atoms with Crippen molar-refractivity contribution in [1.29, 1.82) is 0 Å². The molecule has 0 spiro atoms. The minimum Gasteiger partial charge on any atom is -0.352 e. The number of sulfonamides is 1. The summed E-state index contributed by atoms with van der Waals surface area (Å²) in [6.07, 6.45) is 3.88. The molecule has 0 radical (unpaired) electrons. The highest BCUT2D eigenvalue weighted by atomic mass is 35.5. The predicted octanol–water partition coefficient (Wildman–Crippen LogP) is 6.28. The summed E-state index contributed by atoms with van der Waals surface area (Å²) in [6, 6.07) is 17.6. The molecule has 0 aromatic heterocycles. The number of amides is 2. The number of nitrogens with one attached hydrogen (secondary N) is 1. The van der Waals surface area contributed by atoms with Crippen LogP contribution < -0.4 is 9.62 Å². The maximum atomic E-state index is 14.1. The number of benzene rings is 3. The second-order valence-electron chi connectivity index (χ2n) is 10.5. The molecule has 2 amide bonds. The molecule has 3 aromatic carbocycles. The Balaban J connectivity index is 1.71. The maximum absolute atomic E-state index is 14.1. The van der Waals surface area contributed by atoms with Crippen molar-refractivity contribution < 1.29 is 18.0 Å². The average molecular weight is 617 g/mol. The zero-order valence-corrected chi connectivity index (χ0v) is 25.8. The van der Waals surface area contributed by atoms with E-state index in [2.05, 4.69) is 5.32 Å². The van der Waals surface area contributed by atoms with Crippen molar-refractivity contribution in [3.8, 4) is 0 Å². The quantitative estimate of drug-likeness (QED) is 0.291. The third-order valence-electron chi connectivity index (χ3n) is 7.50. The molecule has 0 saturated heterocycles. The van der Waals surface area contributed by atoms with E-state index < -0.39 is 28.5 Å². The highest BCUT2D eigenvalue weighted by Crippen LogP contribution is 2.29. The van der Waals surface area contributed by atoms with Crippen molar-refractivity contribution >= 4 is 50.7 Å². The lowest BCUT2D eigenvalue weighted by molar-refractivity contribution is -0.139. The first-order valence-corrected chi connectivity index (χ1v) is 15.9. The first-order chi connectivity index (χ1) is 19.5. The van der Waals surface area contributed by atoms with Gasteiger partial charge in [-0.15, -0.1) is 0 Å². The monoisotopic (exact) mass is 615 g/mol. The van der Waals surface area contributed by atoms with Crippen LogP contribution in [0.5, 0.6) is 0 Å². The Labute approximate surface area is 252 Å². The van der Waals surface area contributed by atoms with E-state index in [1.54, 1.807) is 62.4 Å². The molecule has 1 aliphatic rings. The number of para-hydroxylation sites is 1. The van der Waals surface area contributed by atoms with Crippen molar-refractivity contribution in [3.05, 3.63) is 93.5 Å². The van der Waals surface area contributed by atoms with E-state index in [4.69, 9.17) is 23.2 Å². The molecule has 0 heterocycles. The minimum absolute atomic E-state index is 0.000278. The molecule has 1 saturated carbocycles. The third-order valence-corrected chi connectivity index (χ3v) is 9.86. The normalized spacial score (nSPS) is 14.5. The molecule has 1 fully saturated rings. The number of hydrogen-bond acceptors (Lipinski definition) is 4. The fraction of sp³-hybridized carbons (Fsp3) is 0.355. The molecule has 7 nitrogen and oxygen atoms in total. The summed E-state index contributed by atoms with van der Waals surface area (Å²) in [5.41, 5.74) is 2.58. The first kappa shape index (κ1) is 30.9. The molecular weight excluding hydrogens is 581 g/mol. The lowest BCUT2D eigenvalue weighted by Crippen LogP contribution is -2.52. The third kappa shape index (κ3) is 7.42. The number of hydrogen-bond donors (Lipinski definition) is 1. The molecule has 3 aromatic rings. The fourth-order valence-electron chi connectivity index (χ4n) is 5.00. The van der Waals surface area contributed by atoms with Crippen molar-refractivity contribution in [2.75, 3.05) is 10.8 Å². The first-order valence-electron chi connectivity index (χ1n) is 13.7. The van der Waals surface area contributed by atoms with Gasteiger partial charge in [0.05, 0.1) is 10.6 Å². The zero-order valence-electron chi connectivity index (χ0n) is 23.4. The van der Waals surface area contributed by atoms with E-state index in [0.29, 0.717) is 26.9 Å². The Morgan fingerprint density at radius 2 is 1.63 bits per heavy atom. The zero-order chi connectivity index (χ0) is 29.7. The number of halogens is 2. The van der Waals surface area contributed by atoms with Crippen molar-refractivity contribution in [2.24, 2.45) is 0 Å². The van der Waals surface area contributed by atoms with Crippen LogP contribution in [0.25, 0.3) is 0 Å². The summed E-state index contributed by atoms with van der Waals surface area (Å²) in [4.78, 5) is 28.9. The Hall–Kier alpha value is -3.07. The summed E-state index contributed by atoms with van der Waals surface area (Å²) >= 11 is 12.5. The molecule has 41 heavy (non-hydrogen) atoms. The van der Waals surface area contributed by atoms with Gasteiger partial charge in [-0.25, -0.2) is 8.42 Å². The Kier molecular flexibility index (Phi) is 10.00. The van der Waals surface area contributed by atoms with Crippen molar-refractivity contribution in [1.82, 2.24) is 10.2 Å². The number of anilines is 1. The second kappa shape index (κ2) is 13.3. The van der Waals surface area contributed by atoms with Crippen LogP contribution in [-0.4, -0.2) is 43.8 Å². The van der Waals surface area contributed by atoms with Crippen LogP contribution in [-0.2, 0) is 26.2 Å².